The maximum atomic E-state index is 13.8. The Kier molecular flexibility index (Phi) is 8.81. The number of ether oxygens (including phenoxy) is 1. The van der Waals surface area contributed by atoms with Crippen LogP contribution in [-0.4, -0.2) is 48.1 Å². The minimum atomic E-state index is -0.487. The summed E-state index contributed by atoms with van der Waals surface area (Å²) < 4.78 is 19.9. The van der Waals surface area contributed by atoms with Gasteiger partial charge in [0, 0.05) is 23.5 Å². The zero-order chi connectivity index (χ0) is 25.7. The van der Waals surface area contributed by atoms with Gasteiger partial charge in [-0.05, 0) is 101 Å². The van der Waals surface area contributed by atoms with Gasteiger partial charge in [-0.1, -0.05) is 18.0 Å². The number of pyridine rings is 1. The lowest BCUT2D eigenvalue weighted by atomic mass is 9.95. The zero-order valence-electron chi connectivity index (χ0n) is 21.4. The van der Waals surface area contributed by atoms with Gasteiger partial charge in [0.25, 0.3) is 0 Å². The third-order valence-corrected chi connectivity index (χ3v) is 6.95. The number of nitrogens with one attached hydrogen (secondary N) is 1. The van der Waals surface area contributed by atoms with Crippen molar-refractivity contribution in [3.05, 3.63) is 58.4 Å². The molecule has 0 spiro atoms. The van der Waals surface area contributed by atoms with E-state index < -0.39 is 5.82 Å². The molecule has 7 heteroatoms. The highest BCUT2D eigenvalue weighted by molar-refractivity contribution is 6.31. The minimum Gasteiger partial charge on any atom is -0.494 e. The molecule has 1 fully saturated rings. The van der Waals surface area contributed by atoms with E-state index in [1.807, 2.05) is 39.0 Å². The monoisotopic (exact) mass is 511 g/mol. The maximum absolute atomic E-state index is 13.8. The first-order valence-corrected chi connectivity index (χ1v) is 13.2. The van der Waals surface area contributed by atoms with E-state index in [1.54, 1.807) is 12.1 Å². The Morgan fingerprint density at radius 3 is 2.67 bits per heavy atom. The van der Waals surface area contributed by atoms with Gasteiger partial charge in [-0.2, -0.15) is 0 Å². The van der Waals surface area contributed by atoms with Gasteiger partial charge in [0.1, 0.15) is 11.6 Å². The Morgan fingerprint density at radius 2 is 1.94 bits per heavy atom. The van der Waals surface area contributed by atoms with E-state index in [9.17, 15) is 9.18 Å². The Hall–Kier alpha value is -2.70. The molecule has 1 N–H and O–H groups in total. The number of hydrogen-bond donors (Lipinski definition) is 1. The van der Waals surface area contributed by atoms with Crippen LogP contribution in [0.25, 0.3) is 22.2 Å². The van der Waals surface area contributed by atoms with Crippen LogP contribution in [-0.2, 0) is 11.2 Å². The molecule has 0 radical (unpaired) electrons. The number of likely N-dealkylation sites (tertiary alicyclic amines) is 1. The second kappa shape index (κ2) is 12.0. The topological polar surface area (TPSA) is 54.5 Å². The van der Waals surface area contributed by atoms with Crippen molar-refractivity contribution in [1.82, 2.24) is 15.2 Å². The predicted octanol–water partition coefficient (Wildman–Crippen LogP) is 6.32. The fourth-order valence-electron chi connectivity index (χ4n) is 4.82. The number of amides is 1. The Labute approximate surface area is 218 Å². The second-order valence-corrected chi connectivity index (χ2v) is 10.3. The molecule has 0 bridgehead atoms. The fraction of sp³-hybridized carbons (Fsp3) is 0.448. The number of nitrogens with zero attached hydrogens (tertiary/aromatic N) is 2. The first kappa shape index (κ1) is 26.4. The highest BCUT2D eigenvalue weighted by Gasteiger charge is 2.19. The zero-order valence-corrected chi connectivity index (χ0v) is 22.1. The van der Waals surface area contributed by atoms with Gasteiger partial charge in [0.2, 0.25) is 5.91 Å². The lowest BCUT2D eigenvalue weighted by Crippen LogP contribution is -2.31. The van der Waals surface area contributed by atoms with E-state index in [0.29, 0.717) is 17.9 Å². The summed E-state index contributed by atoms with van der Waals surface area (Å²) in [5.74, 6) is 0.217. The molecular weight excluding hydrogens is 477 g/mol. The molecule has 0 atom stereocenters. The molecule has 1 amide bonds. The van der Waals surface area contributed by atoms with Crippen molar-refractivity contribution in [2.24, 2.45) is 0 Å². The largest absolute Gasteiger partial charge is 0.494 e. The van der Waals surface area contributed by atoms with Crippen molar-refractivity contribution >= 4 is 28.4 Å². The van der Waals surface area contributed by atoms with Crippen molar-refractivity contribution < 1.29 is 13.9 Å². The normalized spacial score (nSPS) is 14.4. The molecular formula is C29H35ClFN3O2. The number of carbonyl (C=O) groups is 1. The Bertz CT molecular complexity index is 1220. The summed E-state index contributed by atoms with van der Waals surface area (Å²) in [5, 5.41) is 3.92. The van der Waals surface area contributed by atoms with E-state index in [-0.39, 0.29) is 23.4 Å². The third-order valence-electron chi connectivity index (χ3n) is 6.66. The summed E-state index contributed by atoms with van der Waals surface area (Å²) in [6.07, 6.45) is 5.08. The minimum absolute atomic E-state index is 0.0259. The van der Waals surface area contributed by atoms with Crippen molar-refractivity contribution in [2.75, 3.05) is 26.2 Å². The van der Waals surface area contributed by atoms with E-state index in [1.165, 1.54) is 38.4 Å². The van der Waals surface area contributed by atoms with Crippen molar-refractivity contribution in [1.29, 1.82) is 0 Å². The van der Waals surface area contributed by atoms with Gasteiger partial charge in [-0.3, -0.25) is 4.79 Å². The SMILES string of the molecule is Cc1c(CC(=O)NC(C)C)c(-c2ccc(F)c(Cl)c2)nc2ccc(OCCCN3CCCCC3)cc12. The number of halogens is 2. The molecule has 2 aromatic carbocycles. The van der Waals surface area contributed by atoms with Crippen molar-refractivity contribution in [3.8, 4) is 17.0 Å². The van der Waals surface area contributed by atoms with Gasteiger partial charge in [0.05, 0.1) is 29.3 Å². The Morgan fingerprint density at radius 1 is 1.17 bits per heavy atom. The number of hydrogen-bond acceptors (Lipinski definition) is 4. The average Bonchev–Trinajstić information content (AvgIpc) is 2.85. The van der Waals surface area contributed by atoms with Crippen LogP contribution in [0.2, 0.25) is 5.02 Å². The molecule has 3 aromatic rings. The summed E-state index contributed by atoms with van der Waals surface area (Å²) in [6.45, 7) is 9.96. The smallest absolute Gasteiger partial charge is 0.224 e. The molecule has 1 aliphatic heterocycles. The van der Waals surface area contributed by atoms with Crippen LogP contribution in [0.1, 0.15) is 50.7 Å². The molecule has 1 aromatic heterocycles. The molecule has 0 aliphatic carbocycles. The molecule has 0 unspecified atom stereocenters. The van der Waals surface area contributed by atoms with Gasteiger partial charge in [0.15, 0.2) is 0 Å². The van der Waals surface area contributed by atoms with Gasteiger partial charge < -0.3 is 15.0 Å². The molecule has 1 aliphatic rings. The highest BCUT2D eigenvalue weighted by atomic mass is 35.5. The van der Waals surface area contributed by atoms with Crippen molar-refractivity contribution in [3.63, 3.8) is 0 Å². The van der Waals surface area contributed by atoms with E-state index in [2.05, 4.69) is 10.2 Å². The number of aryl methyl sites for hydroxylation is 1. The number of rotatable bonds is 9. The summed E-state index contributed by atoms with van der Waals surface area (Å²) in [4.78, 5) is 20.1. The molecule has 2 heterocycles. The molecule has 1 saturated heterocycles. The molecule has 192 valence electrons. The molecule has 0 saturated carbocycles. The standard InChI is InChI=1S/C29H35ClFN3O2/c1-19(2)32-28(35)18-24-20(3)23-17-22(36-15-7-14-34-12-5-4-6-13-34)9-11-27(23)33-29(24)21-8-10-26(31)25(30)16-21/h8-11,16-17,19H,4-7,12-15,18H2,1-3H3,(H,32,35). The summed E-state index contributed by atoms with van der Waals surface area (Å²) in [5.41, 5.74) is 3.85. The van der Waals surface area contributed by atoms with E-state index in [4.69, 9.17) is 21.3 Å². The average molecular weight is 512 g/mol. The van der Waals surface area contributed by atoms with Crippen LogP contribution in [0.4, 0.5) is 4.39 Å². The summed E-state index contributed by atoms with van der Waals surface area (Å²) in [7, 11) is 0. The van der Waals surface area contributed by atoms with Gasteiger partial charge in [-0.25, -0.2) is 9.37 Å². The lowest BCUT2D eigenvalue weighted by molar-refractivity contribution is -0.120. The molecule has 36 heavy (non-hydrogen) atoms. The lowest BCUT2D eigenvalue weighted by Gasteiger charge is -2.26. The number of fused-ring (bicyclic) bond motifs is 1. The van der Waals surface area contributed by atoms with E-state index in [0.717, 1.165) is 40.7 Å². The highest BCUT2D eigenvalue weighted by Crippen LogP contribution is 2.33. The van der Waals surface area contributed by atoms with E-state index >= 15 is 0 Å². The number of aromatic nitrogens is 1. The molecule has 5 nitrogen and oxygen atoms in total. The number of carbonyl (C=O) groups excluding carboxylic acids is 1. The van der Waals surface area contributed by atoms with Crippen LogP contribution < -0.4 is 10.1 Å². The van der Waals surface area contributed by atoms with Crippen molar-refractivity contribution in [2.45, 2.75) is 58.9 Å². The Balaban J connectivity index is 1.61. The summed E-state index contributed by atoms with van der Waals surface area (Å²) >= 11 is 6.08. The first-order valence-electron chi connectivity index (χ1n) is 12.8. The third kappa shape index (κ3) is 6.54. The number of benzene rings is 2. The van der Waals surface area contributed by atoms with Gasteiger partial charge in [-0.15, -0.1) is 0 Å². The van der Waals surface area contributed by atoms with Crippen LogP contribution in [0, 0.1) is 12.7 Å². The first-order chi connectivity index (χ1) is 17.3. The quantitative estimate of drug-likeness (QED) is 0.341. The summed E-state index contributed by atoms with van der Waals surface area (Å²) in [6, 6.07) is 10.4. The fourth-order valence-corrected chi connectivity index (χ4v) is 5.00. The maximum Gasteiger partial charge on any atom is 0.224 e. The molecule has 4 rings (SSSR count). The van der Waals surface area contributed by atoms with Crippen LogP contribution in [0.3, 0.4) is 0 Å². The van der Waals surface area contributed by atoms with Crippen LogP contribution in [0.5, 0.6) is 5.75 Å². The van der Waals surface area contributed by atoms with Crippen LogP contribution in [0.15, 0.2) is 36.4 Å². The van der Waals surface area contributed by atoms with Gasteiger partial charge >= 0.3 is 0 Å². The second-order valence-electron chi connectivity index (χ2n) is 9.88. The number of piperidine rings is 1. The predicted molar refractivity (Wildman–Crippen MR) is 144 cm³/mol. The van der Waals surface area contributed by atoms with Crippen LogP contribution >= 0.6 is 11.6 Å².